The molecule has 2 aliphatic rings. The normalized spacial score (nSPS) is 19.2. The summed E-state index contributed by atoms with van der Waals surface area (Å²) in [5.74, 6) is 0.283. The summed E-state index contributed by atoms with van der Waals surface area (Å²) in [5, 5.41) is 3.33. The second-order valence-electron chi connectivity index (χ2n) is 10.6. The third-order valence-electron chi connectivity index (χ3n) is 7.92. The predicted molar refractivity (Wildman–Crippen MR) is 149 cm³/mol. The van der Waals surface area contributed by atoms with Crippen LogP contribution in [0.5, 0.6) is 0 Å². The molecule has 0 bridgehead atoms. The second-order valence-corrected chi connectivity index (χ2v) is 10.6. The van der Waals surface area contributed by atoms with E-state index in [-0.39, 0.29) is 23.4 Å². The van der Waals surface area contributed by atoms with Gasteiger partial charge in [0.05, 0.1) is 18.5 Å². The van der Waals surface area contributed by atoms with E-state index < -0.39 is 0 Å². The van der Waals surface area contributed by atoms with Gasteiger partial charge in [0.2, 0.25) is 5.91 Å². The second kappa shape index (κ2) is 10.4. The number of aryl methyl sites for hydroxylation is 2. The first-order chi connectivity index (χ1) is 18.6. The summed E-state index contributed by atoms with van der Waals surface area (Å²) in [6, 6.07) is 20.4. The van der Waals surface area contributed by atoms with Crippen molar-refractivity contribution in [2.75, 3.05) is 18.0 Å². The SMILES string of the molecule is Cc1ccc(Cn2c(=O)c(N3CCCC(C(=O)NC4CCCc5ccccc54)C3)nc3cccnc32)cc1. The molecule has 7 heteroatoms. The minimum absolute atomic E-state index is 0.0550. The minimum atomic E-state index is -0.186. The fourth-order valence-corrected chi connectivity index (χ4v) is 5.87. The van der Waals surface area contributed by atoms with Gasteiger partial charge in [-0.1, -0.05) is 54.1 Å². The van der Waals surface area contributed by atoms with Crippen LogP contribution in [0, 0.1) is 12.8 Å². The smallest absolute Gasteiger partial charge is 0.295 e. The van der Waals surface area contributed by atoms with Gasteiger partial charge in [-0.3, -0.25) is 14.2 Å². The third kappa shape index (κ3) is 4.80. The van der Waals surface area contributed by atoms with Crippen molar-refractivity contribution in [1.29, 1.82) is 0 Å². The highest BCUT2D eigenvalue weighted by Gasteiger charge is 2.31. The van der Waals surface area contributed by atoms with Crippen molar-refractivity contribution in [2.24, 2.45) is 5.92 Å². The van der Waals surface area contributed by atoms with Crippen LogP contribution in [-0.2, 0) is 17.8 Å². The van der Waals surface area contributed by atoms with Crippen LogP contribution >= 0.6 is 0 Å². The number of aromatic nitrogens is 3. The summed E-state index contributed by atoms with van der Waals surface area (Å²) in [7, 11) is 0. The van der Waals surface area contributed by atoms with Gasteiger partial charge >= 0.3 is 0 Å². The number of rotatable bonds is 5. The van der Waals surface area contributed by atoms with Crippen molar-refractivity contribution in [3.05, 3.63) is 99.5 Å². The standard InChI is InChI=1S/C31H33N5O2/c1-21-13-15-22(16-14-21)19-36-28-27(12-5-17-32-28)33-29(31(36)38)35-18-6-9-24(20-35)30(37)34-26-11-4-8-23-7-2-3-10-25(23)26/h2-3,5,7,10,12-17,24,26H,4,6,8-9,11,18-20H2,1H3,(H,34,37). The van der Waals surface area contributed by atoms with Crippen LogP contribution in [0.15, 0.2) is 71.7 Å². The molecule has 1 saturated heterocycles. The Labute approximate surface area is 222 Å². The molecule has 1 aliphatic carbocycles. The van der Waals surface area contributed by atoms with Crippen molar-refractivity contribution in [3.63, 3.8) is 0 Å². The van der Waals surface area contributed by atoms with E-state index in [4.69, 9.17) is 4.98 Å². The number of nitrogens with one attached hydrogen (secondary N) is 1. The maximum atomic E-state index is 13.8. The van der Waals surface area contributed by atoms with Crippen molar-refractivity contribution >= 4 is 22.9 Å². The van der Waals surface area contributed by atoms with Gasteiger partial charge in [-0.25, -0.2) is 9.97 Å². The van der Waals surface area contributed by atoms with E-state index in [2.05, 4.69) is 40.6 Å². The van der Waals surface area contributed by atoms with E-state index in [9.17, 15) is 9.59 Å². The van der Waals surface area contributed by atoms with Gasteiger partial charge in [-0.05, 0) is 67.9 Å². The zero-order valence-electron chi connectivity index (χ0n) is 21.8. The Bertz CT molecular complexity index is 1530. The topological polar surface area (TPSA) is 80.1 Å². The Balaban J connectivity index is 1.26. The molecule has 3 heterocycles. The molecule has 0 saturated carbocycles. The maximum Gasteiger partial charge on any atom is 0.295 e. The average Bonchev–Trinajstić information content (AvgIpc) is 2.95. The Hall–Kier alpha value is -4.00. The lowest BCUT2D eigenvalue weighted by atomic mass is 9.87. The highest BCUT2D eigenvalue weighted by Crippen LogP contribution is 2.30. The number of piperidine rings is 1. The quantitative estimate of drug-likeness (QED) is 0.428. The summed E-state index contributed by atoms with van der Waals surface area (Å²) < 4.78 is 1.71. The number of anilines is 1. The highest BCUT2D eigenvalue weighted by atomic mass is 16.2. The largest absolute Gasteiger partial charge is 0.351 e. The van der Waals surface area contributed by atoms with Gasteiger partial charge in [0, 0.05) is 19.3 Å². The van der Waals surface area contributed by atoms with E-state index in [1.54, 1.807) is 10.8 Å². The summed E-state index contributed by atoms with van der Waals surface area (Å²) in [6.07, 6.45) is 6.44. The van der Waals surface area contributed by atoms with Gasteiger partial charge in [0.25, 0.3) is 5.56 Å². The molecular weight excluding hydrogens is 474 g/mol. The fraction of sp³-hybridized carbons (Fsp3) is 0.355. The Morgan fingerprint density at radius 1 is 1.03 bits per heavy atom. The molecule has 2 atom stereocenters. The van der Waals surface area contributed by atoms with Crippen LogP contribution in [0.25, 0.3) is 11.2 Å². The molecule has 7 nitrogen and oxygen atoms in total. The van der Waals surface area contributed by atoms with Crippen LogP contribution < -0.4 is 15.8 Å². The predicted octanol–water partition coefficient (Wildman–Crippen LogP) is 4.56. The highest BCUT2D eigenvalue weighted by molar-refractivity contribution is 5.80. The number of fused-ring (bicyclic) bond motifs is 2. The molecule has 1 N–H and O–H groups in total. The third-order valence-corrected chi connectivity index (χ3v) is 7.92. The van der Waals surface area contributed by atoms with Gasteiger partial charge in [-0.15, -0.1) is 0 Å². The first-order valence-corrected chi connectivity index (χ1v) is 13.6. The number of carbonyl (C=O) groups excluding carboxylic acids is 1. The zero-order valence-corrected chi connectivity index (χ0v) is 21.8. The van der Waals surface area contributed by atoms with E-state index in [0.29, 0.717) is 36.6 Å². The molecule has 2 unspecified atom stereocenters. The maximum absolute atomic E-state index is 13.8. The molecule has 194 valence electrons. The lowest BCUT2D eigenvalue weighted by molar-refractivity contribution is -0.126. The monoisotopic (exact) mass is 507 g/mol. The zero-order chi connectivity index (χ0) is 26.1. The van der Waals surface area contributed by atoms with Crippen LogP contribution in [0.1, 0.15) is 54.0 Å². The number of hydrogen-bond acceptors (Lipinski definition) is 5. The van der Waals surface area contributed by atoms with E-state index in [1.165, 1.54) is 16.7 Å². The van der Waals surface area contributed by atoms with Crippen LogP contribution in [0.2, 0.25) is 0 Å². The Morgan fingerprint density at radius 3 is 2.74 bits per heavy atom. The number of pyridine rings is 1. The Kier molecular flexibility index (Phi) is 6.66. The van der Waals surface area contributed by atoms with Crippen LogP contribution in [0.4, 0.5) is 5.82 Å². The summed E-state index contributed by atoms with van der Waals surface area (Å²) >= 11 is 0. The molecule has 0 radical (unpaired) electrons. The molecule has 38 heavy (non-hydrogen) atoms. The van der Waals surface area contributed by atoms with Crippen molar-refractivity contribution in [3.8, 4) is 0 Å². The van der Waals surface area contributed by atoms with Gasteiger partial charge < -0.3 is 10.2 Å². The molecule has 2 aromatic heterocycles. The fourth-order valence-electron chi connectivity index (χ4n) is 5.87. The molecular formula is C31H33N5O2. The molecule has 4 aromatic rings. The lowest BCUT2D eigenvalue weighted by Gasteiger charge is -2.34. The molecule has 1 aliphatic heterocycles. The van der Waals surface area contributed by atoms with Crippen molar-refractivity contribution in [2.45, 2.75) is 51.6 Å². The molecule has 1 amide bonds. The van der Waals surface area contributed by atoms with Crippen molar-refractivity contribution in [1.82, 2.24) is 19.9 Å². The molecule has 1 fully saturated rings. The van der Waals surface area contributed by atoms with Crippen molar-refractivity contribution < 1.29 is 4.79 Å². The number of nitrogens with zero attached hydrogens (tertiary/aromatic N) is 4. The molecule has 6 rings (SSSR count). The Morgan fingerprint density at radius 2 is 1.87 bits per heavy atom. The van der Waals surface area contributed by atoms with Crippen LogP contribution in [-0.4, -0.2) is 33.5 Å². The number of hydrogen-bond donors (Lipinski definition) is 1. The summed E-state index contributed by atoms with van der Waals surface area (Å²) in [4.78, 5) is 38.5. The molecule has 0 spiro atoms. The number of benzene rings is 2. The van der Waals surface area contributed by atoms with Gasteiger partial charge in [0.15, 0.2) is 11.5 Å². The summed E-state index contributed by atoms with van der Waals surface area (Å²) in [5.41, 5.74) is 5.86. The molecule has 2 aromatic carbocycles. The average molecular weight is 508 g/mol. The summed E-state index contributed by atoms with van der Waals surface area (Å²) in [6.45, 7) is 3.65. The first kappa shape index (κ1) is 24.3. The van der Waals surface area contributed by atoms with E-state index >= 15 is 0 Å². The number of carbonyl (C=O) groups is 1. The van der Waals surface area contributed by atoms with Gasteiger partial charge in [0.1, 0.15) is 5.52 Å². The minimum Gasteiger partial charge on any atom is -0.351 e. The lowest BCUT2D eigenvalue weighted by Crippen LogP contribution is -2.46. The first-order valence-electron chi connectivity index (χ1n) is 13.6. The van der Waals surface area contributed by atoms with E-state index in [1.807, 2.05) is 42.2 Å². The van der Waals surface area contributed by atoms with E-state index in [0.717, 1.165) is 37.7 Å². The van der Waals surface area contributed by atoms with Gasteiger partial charge in [-0.2, -0.15) is 0 Å². The van der Waals surface area contributed by atoms with Crippen LogP contribution in [0.3, 0.4) is 0 Å². The number of amides is 1.